The minimum Gasteiger partial charge on any atom is -0.862 e. The first-order valence-electron chi connectivity index (χ1n) is 8.19. The molecule has 0 spiro atoms. The molecule has 0 rings (SSSR count). The van der Waals surface area contributed by atoms with Gasteiger partial charge in [0.05, 0.1) is 0 Å². The first-order valence-corrected chi connectivity index (χ1v) is 8.19. The second-order valence-corrected chi connectivity index (χ2v) is 5.56. The third-order valence-corrected chi connectivity index (χ3v) is 3.39. The van der Waals surface area contributed by atoms with Crippen molar-refractivity contribution in [3.05, 3.63) is 0 Å². The first-order chi connectivity index (χ1) is 10.5. The number of unbranched alkanes of at least 4 members (excludes halogenated alkanes) is 7. The molecule has 0 saturated heterocycles. The monoisotopic (exact) mass is 336 g/mol. The van der Waals surface area contributed by atoms with Gasteiger partial charge in [0.15, 0.2) is 0 Å². The van der Waals surface area contributed by atoms with Gasteiger partial charge >= 0.3 is 35.5 Å². The number of aliphatic carboxylic acids is 1. The van der Waals surface area contributed by atoms with Gasteiger partial charge in [-0.05, 0) is 25.7 Å². The number of nitrogens with one attached hydrogen (secondary N) is 1. The van der Waals surface area contributed by atoms with Gasteiger partial charge < -0.3 is 15.5 Å². The van der Waals surface area contributed by atoms with Gasteiger partial charge in [-0.1, -0.05) is 51.9 Å². The van der Waals surface area contributed by atoms with Crippen molar-refractivity contribution < 1.29 is 49.4 Å². The Balaban J connectivity index is 0. The van der Waals surface area contributed by atoms with E-state index in [1.165, 1.54) is 39.0 Å². The molecule has 0 saturated carbocycles. The molecule has 23 heavy (non-hydrogen) atoms. The fraction of sp³-hybridized carbons (Fsp3) is 0.812. The molecule has 1 amide bonds. The molecule has 0 aromatic carbocycles. The number of carboxylic acids is 1. The van der Waals surface area contributed by atoms with E-state index in [0.717, 1.165) is 19.3 Å². The second kappa shape index (κ2) is 16.3. The predicted octanol–water partition coefficient (Wildman–Crippen LogP) is -1.13. The van der Waals surface area contributed by atoms with Crippen molar-refractivity contribution in [1.82, 2.24) is 5.32 Å². The Morgan fingerprint density at radius 2 is 1.61 bits per heavy atom. The summed E-state index contributed by atoms with van der Waals surface area (Å²) in [6.45, 7) is 3.26. The Morgan fingerprint density at radius 3 is 2.13 bits per heavy atom. The van der Waals surface area contributed by atoms with E-state index in [0.29, 0.717) is 6.42 Å². The van der Waals surface area contributed by atoms with Crippen molar-refractivity contribution in [2.75, 3.05) is 6.54 Å². The smallest absolute Gasteiger partial charge is 0.862 e. The number of nitrogens with zero attached hydrogens (tertiary/aromatic N) is 1. The van der Waals surface area contributed by atoms with E-state index >= 15 is 0 Å². The summed E-state index contributed by atoms with van der Waals surface area (Å²) in [7, 11) is 0. The van der Waals surface area contributed by atoms with Gasteiger partial charge in [-0.25, -0.2) is 0 Å². The molecule has 0 aromatic rings. The van der Waals surface area contributed by atoms with Crippen LogP contribution in [0.1, 0.15) is 71.6 Å². The van der Waals surface area contributed by atoms with Crippen LogP contribution in [0.25, 0.3) is 0 Å². The minimum absolute atomic E-state index is 0. The van der Waals surface area contributed by atoms with Crippen molar-refractivity contribution >= 4 is 17.8 Å². The van der Waals surface area contributed by atoms with E-state index in [-0.39, 0.29) is 42.0 Å². The molecule has 0 radical (unpaired) electrons. The predicted molar refractivity (Wildman–Crippen MR) is 84.8 cm³/mol. The average Bonchev–Trinajstić information content (AvgIpc) is 2.47. The number of carboxylic acid groups (broad SMARTS) is 1. The summed E-state index contributed by atoms with van der Waals surface area (Å²) in [6.07, 6.45) is 9.58. The van der Waals surface area contributed by atoms with Crippen molar-refractivity contribution in [3.8, 4) is 0 Å². The number of carbonyl (C=O) groups is 2. The molecule has 0 heterocycles. The van der Waals surface area contributed by atoms with Crippen LogP contribution in [0.2, 0.25) is 0 Å². The normalized spacial score (nSPS) is 12.3. The van der Waals surface area contributed by atoms with Crippen molar-refractivity contribution in [1.29, 1.82) is 0 Å². The van der Waals surface area contributed by atoms with Gasteiger partial charge in [-0.15, -0.1) is 0 Å². The molecular weight excluding hydrogens is 307 g/mol. The van der Waals surface area contributed by atoms with Crippen LogP contribution in [-0.4, -0.2) is 35.5 Å². The molecule has 0 unspecified atom stereocenters. The summed E-state index contributed by atoms with van der Waals surface area (Å²) < 4.78 is 0. The summed E-state index contributed by atoms with van der Waals surface area (Å²) in [4.78, 5) is 25.5. The van der Waals surface area contributed by atoms with E-state index in [1.54, 1.807) is 0 Å². The largest absolute Gasteiger partial charge is 1.00 e. The fourth-order valence-electron chi connectivity index (χ4n) is 2.00. The Morgan fingerprint density at radius 1 is 1.09 bits per heavy atom. The molecule has 6 nitrogen and oxygen atoms in total. The van der Waals surface area contributed by atoms with E-state index in [4.69, 9.17) is 5.11 Å². The van der Waals surface area contributed by atoms with Crippen LogP contribution in [0.5, 0.6) is 0 Å². The van der Waals surface area contributed by atoms with Gasteiger partial charge in [0, 0.05) is 0 Å². The molecule has 0 fully saturated rings. The Kier molecular flexibility index (Phi) is 17.4. The zero-order chi connectivity index (χ0) is 16.8. The molecule has 2 N–H and O–H groups in total. The average molecular weight is 336 g/mol. The SMILES string of the molecule is CCCCCCCCCCC([O-])=NCC(=O)N[C@@H](C)C(=O)O.[Na+]. The summed E-state index contributed by atoms with van der Waals surface area (Å²) in [5.74, 6) is -1.94. The van der Waals surface area contributed by atoms with Crippen LogP contribution >= 0.6 is 0 Å². The number of amides is 1. The fourth-order valence-corrected chi connectivity index (χ4v) is 2.00. The maximum absolute atomic E-state index is 11.5. The summed E-state index contributed by atoms with van der Waals surface area (Å²) in [6, 6.07) is -0.967. The van der Waals surface area contributed by atoms with Crippen molar-refractivity contribution in [3.63, 3.8) is 0 Å². The van der Waals surface area contributed by atoms with Crippen molar-refractivity contribution in [2.45, 2.75) is 77.7 Å². The van der Waals surface area contributed by atoms with Crippen molar-refractivity contribution in [2.24, 2.45) is 4.99 Å². The maximum Gasteiger partial charge on any atom is 1.00 e. The van der Waals surface area contributed by atoms with Gasteiger partial charge in [0.25, 0.3) is 0 Å². The summed E-state index contributed by atoms with van der Waals surface area (Å²) in [5, 5.41) is 22.4. The van der Waals surface area contributed by atoms with E-state index in [1.807, 2.05) is 0 Å². The first kappa shape index (κ1) is 24.7. The standard InChI is InChI=1S/C16H30N2O4.Na/c1-3-4-5-6-7-8-9-10-11-14(19)17-12-15(20)18-13(2)16(21)22;/h13H,3-12H2,1-2H3,(H,17,19)(H,18,20)(H,21,22);/q;+1/p-1/t13-;/m0./s1. The van der Waals surface area contributed by atoms with E-state index < -0.39 is 17.9 Å². The molecular formula is C16H29N2NaO4. The molecule has 128 valence electrons. The van der Waals surface area contributed by atoms with Crippen LogP contribution in [0.3, 0.4) is 0 Å². The van der Waals surface area contributed by atoms with Crippen LogP contribution in [0.4, 0.5) is 0 Å². The Labute approximate surface area is 161 Å². The Hall–Kier alpha value is -0.590. The van der Waals surface area contributed by atoms with E-state index in [9.17, 15) is 14.7 Å². The number of hydrogen-bond donors (Lipinski definition) is 2. The maximum atomic E-state index is 11.5. The summed E-state index contributed by atoms with van der Waals surface area (Å²) in [5.41, 5.74) is 0. The van der Waals surface area contributed by atoms with Gasteiger partial charge in [-0.2, -0.15) is 0 Å². The topological polar surface area (TPSA) is 102 Å². The number of aliphatic imine (C=N–C) groups is 1. The molecule has 7 heteroatoms. The third kappa shape index (κ3) is 16.1. The molecule has 0 aromatic heterocycles. The zero-order valence-electron chi connectivity index (χ0n) is 14.8. The molecule has 0 aliphatic carbocycles. The van der Waals surface area contributed by atoms with Crippen LogP contribution in [-0.2, 0) is 9.59 Å². The number of hydrogen-bond acceptors (Lipinski definition) is 4. The third-order valence-electron chi connectivity index (χ3n) is 3.39. The van der Waals surface area contributed by atoms with E-state index in [2.05, 4.69) is 17.2 Å². The quantitative estimate of drug-likeness (QED) is 0.192. The van der Waals surface area contributed by atoms with Crippen LogP contribution < -0.4 is 40.0 Å². The van der Waals surface area contributed by atoms with Crippen LogP contribution in [0.15, 0.2) is 4.99 Å². The second-order valence-electron chi connectivity index (χ2n) is 5.56. The number of carbonyl (C=O) groups excluding carboxylic acids is 1. The molecule has 0 aliphatic heterocycles. The molecule has 0 aliphatic rings. The van der Waals surface area contributed by atoms with Gasteiger partial charge in [-0.3, -0.25) is 14.6 Å². The van der Waals surface area contributed by atoms with Crippen LogP contribution in [0, 0.1) is 0 Å². The molecule has 0 bridgehead atoms. The Bertz CT molecular complexity index is 362. The summed E-state index contributed by atoms with van der Waals surface area (Å²) >= 11 is 0. The van der Waals surface area contributed by atoms with Gasteiger partial charge in [0.1, 0.15) is 12.6 Å². The van der Waals surface area contributed by atoms with Gasteiger partial charge in [0.2, 0.25) is 5.91 Å². The minimum atomic E-state index is -1.11. The molecule has 1 atom stereocenters. The zero-order valence-corrected chi connectivity index (χ0v) is 16.8. The number of rotatable bonds is 13.